The topological polar surface area (TPSA) is 54.5 Å². The molecule has 0 aromatic heterocycles. The monoisotopic (exact) mass is 369 g/mol. The van der Waals surface area contributed by atoms with Crippen LogP contribution in [0.2, 0.25) is 0 Å². The molecule has 1 heterocycles. The first kappa shape index (κ1) is 17.9. The van der Waals surface area contributed by atoms with Crippen LogP contribution in [-0.4, -0.2) is 17.6 Å². The van der Waals surface area contributed by atoms with E-state index in [9.17, 15) is 14.4 Å². The third-order valence-electron chi connectivity index (χ3n) is 5.04. The molecule has 1 aliphatic heterocycles. The standard InChI is InChI=1S/C24H19NO3/c1-3-22(26)18-10-13-20-21(14-18)24(28)25(23(20)27)19-11-8-17(9-12-19)16-6-4-15(2)5-7-16/h4-14H,3H2,1-2H3. The van der Waals surface area contributed by atoms with Crippen molar-refractivity contribution in [3.05, 3.63) is 89.0 Å². The summed E-state index contributed by atoms with van der Waals surface area (Å²) in [7, 11) is 0. The summed E-state index contributed by atoms with van der Waals surface area (Å²) in [5, 5.41) is 0. The number of nitrogens with zero attached hydrogens (tertiary/aromatic N) is 1. The minimum Gasteiger partial charge on any atom is -0.294 e. The number of hydrogen-bond donors (Lipinski definition) is 0. The van der Waals surface area contributed by atoms with Gasteiger partial charge in [0.1, 0.15) is 0 Å². The van der Waals surface area contributed by atoms with Gasteiger partial charge in [0.15, 0.2) is 5.78 Å². The Bertz CT molecular complexity index is 1100. The molecule has 4 nitrogen and oxygen atoms in total. The second-order valence-corrected chi connectivity index (χ2v) is 6.90. The Kier molecular flexibility index (Phi) is 4.40. The van der Waals surface area contributed by atoms with E-state index < -0.39 is 5.91 Å². The molecular formula is C24H19NO3. The lowest BCUT2D eigenvalue weighted by Gasteiger charge is -2.14. The number of carbonyl (C=O) groups excluding carboxylic acids is 3. The van der Waals surface area contributed by atoms with Crippen LogP contribution in [0.15, 0.2) is 66.7 Å². The summed E-state index contributed by atoms with van der Waals surface area (Å²) in [4.78, 5) is 38.7. The molecule has 28 heavy (non-hydrogen) atoms. The van der Waals surface area contributed by atoms with Crippen molar-refractivity contribution >= 4 is 23.3 Å². The predicted molar refractivity (Wildman–Crippen MR) is 109 cm³/mol. The van der Waals surface area contributed by atoms with E-state index in [1.54, 1.807) is 31.2 Å². The van der Waals surface area contributed by atoms with Gasteiger partial charge in [0.2, 0.25) is 0 Å². The van der Waals surface area contributed by atoms with Crippen LogP contribution in [0.3, 0.4) is 0 Å². The maximum Gasteiger partial charge on any atom is 0.266 e. The number of ketones is 1. The van der Waals surface area contributed by atoms with E-state index in [0.29, 0.717) is 23.2 Å². The largest absolute Gasteiger partial charge is 0.294 e. The fourth-order valence-corrected chi connectivity index (χ4v) is 3.40. The highest BCUT2D eigenvalue weighted by molar-refractivity contribution is 6.34. The van der Waals surface area contributed by atoms with Gasteiger partial charge >= 0.3 is 0 Å². The highest BCUT2D eigenvalue weighted by atomic mass is 16.2. The predicted octanol–water partition coefficient (Wildman–Crippen LogP) is 5.06. The first-order chi connectivity index (χ1) is 13.5. The van der Waals surface area contributed by atoms with Crippen molar-refractivity contribution in [1.82, 2.24) is 0 Å². The number of Topliss-reactive ketones (excluding diaryl/α,β-unsaturated/α-hetero) is 1. The lowest BCUT2D eigenvalue weighted by Crippen LogP contribution is -2.29. The molecule has 0 N–H and O–H groups in total. The van der Waals surface area contributed by atoms with Crippen LogP contribution < -0.4 is 4.90 Å². The van der Waals surface area contributed by atoms with E-state index in [4.69, 9.17) is 0 Å². The van der Waals surface area contributed by atoms with Crippen molar-refractivity contribution in [2.24, 2.45) is 0 Å². The molecule has 0 fully saturated rings. The Morgan fingerprint density at radius 3 is 1.96 bits per heavy atom. The highest BCUT2D eigenvalue weighted by Gasteiger charge is 2.37. The number of amides is 2. The highest BCUT2D eigenvalue weighted by Crippen LogP contribution is 2.31. The number of fused-ring (bicyclic) bond motifs is 1. The summed E-state index contributed by atoms with van der Waals surface area (Å²) in [5.41, 5.74) is 4.86. The molecule has 0 saturated carbocycles. The summed E-state index contributed by atoms with van der Waals surface area (Å²) in [6.07, 6.45) is 0.352. The van der Waals surface area contributed by atoms with Gasteiger partial charge < -0.3 is 0 Å². The molecule has 3 aromatic carbocycles. The summed E-state index contributed by atoms with van der Waals surface area (Å²) < 4.78 is 0. The van der Waals surface area contributed by atoms with Gasteiger partial charge in [-0.15, -0.1) is 0 Å². The maximum absolute atomic E-state index is 12.9. The number of carbonyl (C=O) groups is 3. The lowest BCUT2D eigenvalue weighted by molar-refractivity contribution is 0.0925. The van der Waals surface area contributed by atoms with Crippen molar-refractivity contribution in [3.8, 4) is 11.1 Å². The van der Waals surface area contributed by atoms with Gasteiger partial charge in [-0.2, -0.15) is 0 Å². The Hall–Kier alpha value is -3.53. The van der Waals surface area contributed by atoms with Crippen LogP contribution in [0.25, 0.3) is 11.1 Å². The number of hydrogen-bond acceptors (Lipinski definition) is 3. The Morgan fingerprint density at radius 2 is 1.36 bits per heavy atom. The van der Waals surface area contributed by atoms with E-state index in [0.717, 1.165) is 11.1 Å². The van der Waals surface area contributed by atoms with Crippen LogP contribution in [0, 0.1) is 6.92 Å². The van der Waals surface area contributed by atoms with E-state index in [2.05, 4.69) is 0 Å². The zero-order valence-electron chi connectivity index (χ0n) is 15.7. The summed E-state index contributed by atoms with van der Waals surface area (Å²) in [5.74, 6) is -0.809. The van der Waals surface area contributed by atoms with E-state index in [1.807, 2.05) is 43.3 Å². The van der Waals surface area contributed by atoms with Crippen LogP contribution in [-0.2, 0) is 0 Å². The third-order valence-corrected chi connectivity index (χ3v) is 5.04. The minimum absolute atomic E-state index is 0.0519. The van der Waals surface area contributed by atoms with Crippen LogP contribution in [0.4, 0.5) is 5.69 Å². The van der Waals surface area contributed by atoms with E-state index >= 15 is 0 Å². The molecule has 3 aromatic rings. The van der Waals surface area contributed by atoms with Crippen molar-refractivity contribution < 1.29 is 14.4 Å². The minimum atomic E-state index is -0.395. The van der Waals surface area contributed by atoms with Gasteiger partial charge in [-0.1, -0.05) is 55.0 Å². The summed E-state index contributed by atoms with van der Waals surface area (Å²) in [6, 6.07) is 20.2. The first-order valence-corrected chi connectivity index (χ1v) is 9.22. The van der Waals surface area contributed by atoms with E-state index in [-0.39, 0.29) is 17.3 Å². The second kappa shape index (κ2) is 6.89. The molecule has 4 heteroatoms. The molecule has 0 saturated heterocycles. The Balaban J connectivity index is 1.66. The number of anilines is 1. The van der Waals surface area contributed by atoms with Gasteiger partial charge in [-0.05, 0) is 42.3 Å². The fraction of sp³-hybridized carbons (Fsp3) is 0.125. The van der Waals surface area contributed by atoms with Crippen LogP contribution >= 0.6 is 0 Å². The zero-order chi connectivity index (χ0) is 19.8. The van der Waals surface area contributed by atoms with Gasteiger partial charge in [0, 0.05) is 12.0 Å². The molecule has 4 rings (SSSR count). The summed E-state index contributed by atoms with van der Waals surface area (Å²) in [6.45, 7) is 3.80. The molecule has 2 amide bonds. The van der Waals surface area contributed by atoms with Gasteiger partial charge in [-0.25, -0.2) is 4.90 Å². The molecule has 1 aliphatic rings. The third kappa shape index (κ3) is 2.93. The second-order valence-electron chi connectivity index (χ2n) is 6.90. The number of imide groups is 1. The average Bonchev–Trinajstić information content (AvgIpc) is 2.98. The molecule has 0 aliphatic carbocycles. The molecule has 138 valence electrons. The zero-order valence-corrected chi connectivity index (χ0v) is 15.7. The molecule has 0 spiro atoms. The molecule has 0 bridgehead atoms. The quantitative estimate of drug-likeness (QED) is 0.477. The summed E-state index contributed by atoms with van der Waals surface area (Å²) >= 11 is 0. The maximum atomic E-state index is 12.9. The smallest absolute Gasteiger partial charge is 0.266 e. The van der Waals surface area contributed by atoms with Crippen molar-refractivity contribution in [2.45, 2.75) is 20.3 Å². The van der Waals surface area contributed by atoms with Gasteiger partial charge in [-0.3, -0.25) is 14.4 Å². The number of benzene rings is 3. The Morgan fingerprint density at radius 1 is 0.786 bits per heavy atom. The molecule has 0 radical (unpaired) electrons. The SMILES string of the molecule is CCC(=O)c1ccc2c(c1)C(=O)N(c1ccc(-c3ccc(C)cc3)cc1)C2=O. The van der Waals surface area contributed by atoms with Crippen molar-refractivity contribution in [2.75, 3.05) is 4.90 Å². The Labute approximate surface area is 163 Å². The molecular weight excluding hydrogens is 350 g/mol. The molecule has 0 atom stereocenters. The van der Waals surface area contributed by atoms with Crippen LogP contribution in [0.5, 0.6) is 0 Å². The molecule has 0 unspecified atom stereocenters. The van der Waals surface area contributed by atoms with E-state index in [1.165, 1.54) is 16.5 Å². The first-order valence-electron chi connectivity index (χ1n) is 9.22. The average molecular weight is 369 g/mol. The normalized spacial score (nSPS) is 13.0. The van der Waals surface area contributed by atoms with Gasteiger partial charge in [0.05, 0.1) is 16.8 Å². The number of aryl methyl sites for hydroxylation is 1. The fourth-order valence-electron chi connectivity index (χ4n) is 3.40. The van der Waals surface area contributed by atoms with Gasteiger partial charge in [0.25, 0.3) is 11.8 Å². The lowest BCUT2D eigenvalue weighted by atomic mass is 10.0. The van der Waals surface area contributed by atoms with Crippen molar-refractivity contribution in [1.29, 1.82) is 0 Å². The van der Waals surface area contributed by atoms with Crippen molar-refractivity contribution in [3.63, 3.8) is 0 Å². The van der Waals surface area contributed by atoms with Crippen LogP contribution in [0.1, 0.15) is 50.0 Å². The number of rotatable bonds is 4.